The van der Waals surface area contributed by atoms with Gasteiger partial charge in [-0.3, -0.25) is 9.59 Å². The van der Waals surface area contributed by atoms with Crippen LogP contribution in [0.2, 0.25) is 0 Å². The summed E-state index contributed by atoms with van der Waals surface area (Å²) in [6.45, 7) is 1.62. The molecule has 22 unspecified atom stereocenters. The highest BCUT2D eigenvalue weighted by atomic mass is 16.8. The Kier molecular flexibility index (Phi) is 41.9. The van der Waals surface area contributed by atoms with E-state index >= 15 is 0 Å². The van der Waals surface area contributed by atoms with Gasteiger partial charge in [-0.2, -0.15) is 0 Å². The lowest BCUT2D eigenvalue weighted by Gasteiger charge is -2.50. The van der Waals surface area contributed by atoms with Gasteiger partial charge in [0.15, 0.2) is 25.2 Å². The Morgan fingerprint density at radius 1 is 0.429 bits per heavy atom. The first-order chi connectivity index (χ1) is 44.0. The lowest BCUT2D eigenvalue weighted by atomic mass is 9.94. The normalized spacial score (nSPS) is 32.9. The number of aliphatic hydroxyl groups is 13. The van der Waals surface area contributed by atoms with Crippen LogP contribution >= 0.6 is 0 Å². The monoisotopic (exact) mass is 1310 g/mol. The van der Waals surface area contributed by atoms with Crippen molar-refractivity contribution < 1.29 is 114 Å². The molecule has 4 heterocycles. The maximum atomic E-state index is 13.4. The van der Waals surface area contributed by atoms with Gasteiger partial charge in [-0.05, 0) is 19.3 Å². The van der Waals surface area contributed by atoms with Crippen LogP contribution in [-0.2, 0) is 47.5 Å². The second kappa shape index (κ2) is 46.9. The van der Waals surface area contributed by atoms with Crippen LogP contribution in [0, 0.1) is 0 Å². The van der Waals surface area contributed by atoms with Gasteiger partial charge in [0.05, 0.1) is 45.2 Å². The van der Waals surface area contributed by atoms with E-state index in [1.165, 1.54) is 141 Å². The van der Waals surface area contributed by atoms with E-state index in [0.29, 0.717) is 12.8 Å². The number of hydrogen-bond acceptors (Lipinski definition) is 23. The summed E-state index contributed by atoms with van der Waals surface area (Å²) in [6, 6.07) is -2.62. The van der Waals surface area contributed by atoms with Crippen LogP contribution in [0.1, 0.15) is 226 Å². The predicted molar refractivity (Wildman–Crippen MR) is 335 cm³/mol. The molecule has 0 bridgehead atoms. The number of nitrogens with one attached hydrogen (secondary N) is 2. The average molecular weight is 1310 g/mol. The SMILES string of the molecule is CCCCCCCCCCCCCC=CC(O)C(COC1OC(CO)C(OC2OC(CO)C(OC3OC(CO)C(O)C(OC4OC(CO)C(O)C(O)C4O)C3NC(C)=O)C(O)C2O)C(O)C1O)NC(=O)CCCCCCCCCCCCCCCCCCCCC. The summed E-state index contributed by atoms with van der Waals surface area (Å²) in [7, 11) is 0. The summed E-state index contributed by atoms with van der Waals surface area (Å²) in [5, 5.41) is 147. The fourth-order valence-corrected chi connectivity index (χ4v) is 12.4. The van der Waals surface area contributed by atoms with Gasteiger partial charge in [-0.25, -0.2) is 0 Å². The van der Waals surface area contributed by atoms with E-state index in [2.05, 4.69) is 24.5 Å². The van der Waals surface area contributed by atoms with E-state index in [9.17, 15) is 76.0 Å². The van der Waals surface area contributed by atoms with Crippen LogP contribution in [-0.4, -0.2) is 246 Å². The minimum Gasteiger partial charge on any atom is -0.394 e. The molecule has 0 aliphatic carbocycles. The molecule has 2 amide bonds. The van der Waals surface area contributed by atoms with Crippen molar-refractivity contribution >= 4 is 11.8 Å². The van der Waals surface area contributed by atoms with E-state index in [4.69, 9.17) is 37.9 Å². The molecule has 15 N–H and O–H groups in total. The van der Waals surface area contributed by atoms with Crippen molar-refractivity contribution in [3.63, 3.8) is 0 Å². The smallest absolute Gasteiger partial charge is 0.220 e. The maximum absolute atomic E-state index is 13.4. The Morgan fingerprint density at radius 3 is 1.24 bits per heavy atom. The van der Waals surface area contributed by atoms with E-state index in [1.807, 2.05) is 6.08 Å². The molecular weight excluding hydrogens is 1190 g/mol. The van der Waals surface area contributed by atoms with Crippen LogP contribution in [0.4, 0.5) is 0 Å². The summed E-state index contributed by atoms with van der Waals surface area (Å²) in [5.41, 5.74) is 0. The number of allylic oxidation sites excluding steroid dienone is 1. The van der Waals surface area contributed by atoms with E-state index in [-0.39, 0.29) is 12.3 Å². The number of ether oxygens (including phenoxy) is 8. The minimum atomic E-state index is -2.10. The third-order valence-corrected chi connectivity index (χ3v) is 18.1. The van der Waals surface area contributed by atoms with Crippen molar-refractivity contribution in [3.8, 4) is 0 Å². The molecule has 0 aromatic carbocycles. The molecular formula is C66H122N2O23. The molecule has 25 nitrogen and oxygen atoms in total. The van der Waals surface area contributed by atoms with Crippen LogP contribution in [0.3, 0.4) is 0 Å². The molecule has 534 valence electrons. The molecule has 0 saturated carbocycles. The molecule has 4 aliphatic rings. The molecule has 25 heteroatoms. The first kappa shape index (κ1) is 81.3. The third kappa shape index (κ3) is 28.4. The van der Waals surface area contributed by atoms with Gasteiger partial charge in [0.2, 0.25) is 11.8 Å². The Morgan fingerprint density at radius 2 is 0.791 bits per heavy atom. The highest BCUT2D eigenvalue weighted by molar-refractivity contribution is 5.76. The van der Waals surface area contributed by atoms with Crippen LogP contribution in [0.15, 0.2) is 12.2 Å². The van der Waals surface area contributed by atoms with E-state index in [0.717, 1.165) is 51.9 Å². The zero-order valence-electron chi connectivity index (χ0n) is 54.9. The zero-order chi connectivity index (χ0) is 66.5. The zero-order valence-corrected chi connectivity index (χ0v) is 54.9. The number of hydrogen-bond donors (Lipinski definition) is 15. The summed E-state index contributed by atoms with van der Waals surface area (Å²) < 4.78 is 46.8. The largest absolute Gasteiger partial charge is 0.394 e. The van der Waals surface area contributed by atoms with Gasteiger partial charge in [-0.1, -0.05) is 206 Å². The third-order valence-electron chi connectivity index (χ3n) is 18.1. The Hall–Kier alpha value is -2.16. The fraction of sp³-hybridized carbons (Fsp3) is 0.939. The Bertz CT molecular complexity index is 1900. The van der Waals surface area contributed by atoms with E-state index < -0.39 is 174 Å². The molecule has 0 spiro atoms. The van der Waals surface area contributed by atoms with Gasteiger partial charge >= 0.3 is 0 Å². The number of aliphatic hydroxyl groups excluding tert-OH is 13. The second-order valence-electron chi connectivity index (χ2n) is 25.7. The van der Waals surface area contributed by atoms with Gasteiger partial charge in [0.1, 0.15) is 97.6 Å². The first-order valence-electron chi connectivity index (χ1n) is 34.9. The molecule has 91 heavy (non-hydrogen) atoms. The lowest BCUT2D eigenvalue weighted by molar-refractivity contribution is -0.380. The maximum Gasteiger partial charge on any atom is 0.220 e. The first-order valence-corrected chi connectivity index (χ1v) is 34.9. The molecule has 0 radical (unpaired) electrons. The molecule has 22 atom stereocenters. The summed E-state index contributed by atoms with van der Waals surface area (Å²) in [6.07, 6.45) is 5.68. The topological polar surface area (TPSA) is 395 Å². The molecule has 0 aromatic heterocycles. The van der Waals surface area contributed by atoms with Crippen molar-refractivity contribution in [2.75, 3.05) is 33.0 Å². The van der Waals surface area contributed by atoms with Crippen LogP contribution in [0.25, 0.3) is 0 Å². The van der Waals surface area contributed by atoms with Crippen molar-refractivity contribution in [1.82, 2.24) is 10.6 Å². The van der Waals surface area contributed by atoms with Crippen molar-refractivity contribution in [2.24, 2.45) is 0 Å². The molecule has 4 aliphatic heterocycles. The quantitative estimate of drug-likeness (QED) is 0.0307. The summed E-state index contributed by atoms with van der Waals surface area (Å²) in [5.74, 6) is -1.06. The van der Waals surface area contributed by atoms with E-state index in [1.54, 1.807) is 6.08 Å². The molecule has 4 rings (SSSR count). The van der Waals surface area contributed by atoms with Gasteiger partial charge < -0.3 is 115 Å². The standard InChI is InChI=1S/C66H122N2O23/c1-4-6-8-10-12-14-16-18-19-20-21-22-23-25-27-29-31-33-35-37-50(75)68-44(45(74)36-34-32-30-28-26-24-17-15-13-11-9-7-5-2)42-84-64-58(82)55(79)61(48(40-71)87-64)90-66-59(83)56(80)60(49(41-72)88-66)89-63-51(67-43(3)73)62(53(77)47(39-70)85-63)91-65-57(81)54(78)52(76)46(38-69)86-65/h34,36,44-49,51-66,69-72,74,76-83H,4-33,35,37-42H2,1-3H3,(H,67,73)(H,68,75). The average Bonchev–Trinajstić information content (AvgIpc) is 0.889. The lowest BCUT2D eigenvalue weighted by Crippen LogP contribution is -2.70. The van der Waals surface area contributed by atoms with Gasteiger partial charge in [-0.15, -0.1) is 0 Å². The predicted octanol–water partition coefficient (Wildman–Crippen LogP) is 3.34. The summed E-state index contributed by atoms with van der Waals surface area (Å²) in [4.78, 5) is 26.0. The van der Waals surface area contributed by atoms with Crippen LogP contribution in [0.5, 0.6) is 0 Å². The highest BCUT2D eigenvalue weighted by Crippen LogP contribution is 2.35. The number of rotatable bonds is 49. The Balaban J connectivity index is 1.32. The summed E-state index contributed by atoms with van der Waals surface area (Å²) >= 11 is 0. The second-order valence-corrected chi connectivity index (χ2v) is 25.7. The van der Waals surface area contributed by atoms with Gasteiger partial charge in [0, 0.05) is 13.3 Å². The molecule has 0 aromatic rings. The Labute approximate surface area is 540 Å². The number of amides is 2. The van der Waals surface area contributed by atoms with Crippen molar-refractivity contribution in [1.29, 1.82) is 0 Å². The highest BCUT2D eigenvalue weighted by Gasteiger charge is 2.56. The van der Waals surface area contributed by atoms with Crippen molar-refractivity contribution in [2.45, 2.75) is 361 Å². The molecule has 4 fully saturated rings. The van der Waals surface area contributed by atoms with Gasteiger partial charge in [0.25, 0.3) is 0 Å². The van der Waals surface area contributed by atoms with Crippen LogP contribution < -0.4 is 10.6 Å². The molecule has 4 saturated heterocycles. The van der Waals surface area contributed by atoms with Crippen molar-refractivity contribution in [3.05, 3.63) is 12.2 Å². The fourth-order valence-electron chi connectivity index (χ4n) is 12.4. The minimum absolute atomic E-state index is 0.218. The number of carbonyl (C=O) groups excluding carboxylic acids is 2. The number of unbranched alkanes of at least 4 members (excludes halogenated alkanes) is 29. The number of carbonyl (C=O) groups is 2.